The topological polar surface area (TPSA) is 53.6 Å². The van der Waals surface area contributed by atoms with Gasteiger partial charge >= 0.3 is 0 Å². The number of benzene rings is 1. The maximum Gasteiger partial charge on any atom is 0.128 e. The Morgan fingerprint density at radius 3 is 3.05 bits per heavy atom. The molecule has 0 aliphatic rings. The highest BCUT2D eigenvalue weighted by molar-refractivity contribution is 5.33. The van der Waals surface area contributed by atoms with Crippen molar-refractivity contribution in [1.29, 1.82) is 5.26 Å². The molecular formula is C14H15FN4. The molecule has 0 unspecified atom stereocenters. The fourth-order valence-corrected chi connectivity index (χ4v) is 1.84. The lowest BCUT2D eigenvalue weighted by Crippen LogP contribution is -2.10. The van der Waals surface area contributed by atoms with Crippen LogP contribution in [0.25, 0.3) is 0 Å². The van der Waals surface area contributed by atoms with E-state index in [2.05, 4.69) is 10.3 Å². The Balaban J connectivity index is 2.12. The highest BCUT2D eigenvalue weighted by Gasteiger charge is 2.05. The Morgan fingerprint density at radius 2 is 2.32 bits per heavy atom. The van der Waals surface area contributed by atoms with Crippen molar-refractivity contribution in [2.75, 3.05) is 13.6 Å². The zero-order valence-electron chi connectivity index (χ0n) is 10.7. The molecule has 1 aromatic heterocycles. The third kappa shape index (κ3) is 3.39. The zero-order valence-corrected chi connectivity index (χ0v) is 10.7. The van der Waals surface area contributed by atoms with Crippen LogP contribution in [0.5, 0.6) is 0 Å². The number of nitriles is 1. The second-order valence-electron chi connectivity index (χ2n) is 4.31. The molecule has 1 heterocycles. The second-order valence-corrected chi connectivity index (χ2v) is 4.31. The van der Waals surface area contributed by atoms with Crippen molar-refractivity contribution in [3.05, 3.63) is 53.4 Å². The van der Waals surface area contributed by atoms with E-state index in [-0.39, 0.29) is 5.82 Å². The van der Waals surface area contributed by atoms with Gasteiger partial charge in [-0.25, -0.2) is 9.37 Å². The molecular weight excluding hydrogens is 243 g/mol. The number of rotatable bonds is 5. The number of hydrogen-bond donors (Lipinski definition) is 1. The minimum atomic E-state index is -0.301. The first kappa shape index (κ1) is 13.2. The normalized spacial score (nSPS) is 10.4. The van der Waals surface area contributed by atoms with Crippen LogP contribution in [-0.4, -0.2) is 23.1 Å². The Labute approximate surface area is 111 Å². The molecule has 0 atom stereocenters. The zero-order chi connectivity index (χ0) is 13.7. The average molecular weight is 258 g/mol. The molecule has 0 aliphatic heterocycles. The van der Waals surface area contributed by atoms with Crippen LogP contribution in [0.2, 0.25) is 0 Å². The molecule has 98 valence electrons. The molecule has 0 saturated heterocycles. The van der Waals surface area contributed by atoms with Gasteiger partial charge in [-0.2, -0.15) is 5.26 Å². The maximum atomic E-state index is 13.6. The summed E-state index contributed by atoms with van der Waals surface area (Å²) in [5.41, 5.74) is 1.93. The third-order valence-corrected chi connectivity index (χ3v) is 2.85. The number of nitrogens with one attached hydrogen (secondary N) is 1. The lowest BCUT2D eigenvalue weighted by molar-refractivity contribution is 0.599. The standard InChI is InChI=1S/C14H15FN4/c1-17-5-4-13-9-19(10-18-13)8-12-6-11(7-16)2-3-14(12)15/h2-3,6,9-10,17H,4-5,8H2,1H3. The van der Waals surface area contributed by atoms with E-state index < -0.39 is 0 Å². The van der Waals surface area contributed by atoms with E-state index in [1.807, 2.05) is 23.9 Å². The van der Waals surface area contributed by atoms with Gasteiger partial charge in [0.1, 0.15) is 5.82 Å². The molecule has 0 bridgehead atoms. The van der Waals surface area contributed by atoms with Gasteiger partial charge in [0.15, 0.2) is 0 Å². The average Bonchev–Trinajstić information content (AvgIpc) is 2.86. The molecule has 0 saturated carbocycles. The quantitative estimate of drug-likeness (QED) is 0.888. The van der Waals surface area contributed by atoms with Gasteiger partial charge in [-0.15, -0.1) is 0 Å². The van der Waals surface area contributed by atoms with Crippen molar-refractivity contribution in [1.82, 2.24) is 14.9 Å². The predicted octanol–water partition coefficient (Wildman–Crippen LogP) is 1.70. The summed E-state index contributed by atoms with van der Waals surface area (Å²) in [4.78, 5) is 4.26. The van der Waals surface area contributed by atoms with E-state index in [0.29, 0.717) is 17.7 Å². The Bertz CT molecular complexity index is 598. The SMILES string of the molecule is CNCCc1cn(Cc2cc(C#N)ccc2F)cn1. The van der Waals surface area contributed by atoms with Crippen LogP contribution in [0, 0.1) is 17.1 Å². The number of likely N-dealkylation sites (N-methyl/N-ethyl adjacent to an activating group) is 1. The Kier molecular flexibility index (Phi) is 4.26. The van der Waals surface area contributed by atoms with Gasteiger partial charge in [0, 0.05) is 24.7 Å². The van der Waals surface area contributed by atoms with Crippen molar-refractivity contribution in [3.8, 4) is 6.07 Å². The van der Waals surface area contributed by atoms with Crippen molar-refractivity contribution in [3.63, 3.8) is 0 Å². The molecule has 1 aromatic carbocycles. The Hall–Kier alpha value is -2.19. The van der Waals surface area contributed by atoms with E-state index in [4.69, 9.17) is 5.26 Å². The second kappa shape index (κ2) is 6.12. The maximum absolute atomic E-state index is 13.6. The van der Waals surface area contributed by atoms with Gasteiger partial charge in [-0.05, 0) is 25.2 Å². The van der Waals surface area contributed by atoms with Gasteiger partial charge in [-0.1, -0.05) is 0 Å². The van der Waals surface area contributed by atoms with Crippen molar-refractivity contribution < 1.29 is 4.39 Å². The molecule has 0 radical (unpaired) electrons. The first-order chi connectivity index (χ1) is 9.22. The lowest BCUT2D eigenvalue weighted by atomic mass is 10.1. The molecule has 4 nitrogen and oxygen atoms in total. The number of nitrogens with zero attached hydrogens (tertiary/aromatic N) is 3. The fourth-order valence-electron chi connectivity index (χ4n) is 1.84. The summed E-state index contributed by atoms with van der Waals surface area (Å²) in [6.45, 7) is 1.24. The molecule has 1 N–H and O–H groups in total. The molecule has 2 rings (SSSR count). The summed E-state index contributed by atoms with van der Waals surface area (Å²) < 4.78 is 15.5. The monoisotopic (exact) mass is 258 g/mol. The van der Waals surface area contributed by atoms with Crippen LogP contribution in [0.3, 0.4) is 0 Å². The Morgan fingerprint density at radius 1 is 1.47 bits per heavy atom. The smallest absolute Gasteiger partial charge is 0.128 e. The van der Waals surface area contributed by atoms with Crippen molar-refractivity contribution in [2.45, 2.75) is 13.0 Å². The summed E-state index contributed by atoms with van der Waals surface area (Å²) in [7, 11) is 1.89. The number of halogens is 1. The molecule has 0 aliphatic carbocycles. The van der Waals surface area contributed by atoms with E-state index >= 15 is 0 Å². The molecule has 0 spiro atoms. The van der Waals surface area contributed by atoms with Crippen LogP contribution < -0.4 is 5.32 Å². The minimum absolute atomic E-state index is 0.301. The van der Waals surface area contributed by atoms with Crippen LogP contribution >= 0.6 is 0 Å². The van der Waals surface area contributed by atoms with Crippen LogP contribution in [-0.2, 0) is 13.0 Å². The molecule has 19 heavy (non-hydrogen) atoms. The van der Waals surface area contributed by atoms with Crippen LogP contribution in [0.1, 0.15) is 16.8 Å². The first-order valence-corrected chi connectivity index (χ1v) is 6.06. The number of imidazole rings is 1. The van der Waals surface area contributed by atoms with Crippen LogP contribution in [0.4, 0.5) is 4.39 Å². The first-order valence-electron chi connectivity index (χ1n) is 6.06. The molecule has 0 amide bonds. The number of aromatic nitrogens is 2. The minimum Gasteiger partial charge on any atom is -0.333 e. The molecule has 0 fully saturated rings. The van der Waals surface area contributed by atoms with E-state index in [0.717, 1.165) is 18.7 Å². The molecule has 2 aromatic rings. The van der Waals surface area contributed by atoms with E-state index in [9.17, 15) is 4.39 Å². The highest BCUT2D eigenvalue weighted by atomic mass is 19.1. The summed E-state index contributed by atoms with van der Waals surface area (Å²) in [5.74, 6) is -0.301. The highest BCUT2D eigenvalue weighted by Crippen LogP contribution is 2.12. The van der Waals surface area contributed by atoms with E-state index in [1.54, 1.807) is 12.4 Å². The summed E-state index contributed by atoms with van der Waals surface area (Å²) in [5, 5.41) is 11.9. The largest absolute Gasteiger partial charge is 0.333 e. The van der Waals surface area contributed by atoms with Gasteiger partial charge < -0.3 is 9.88 Å². The van der Waals surface area contributed by atoms with Crippen LogP contribution in [0.15, 0.2) is 30.7 Å². The van der Waals surface area contributed by atoms with Crippen molar-refractivity contribution >= 4 is 0 Å². The number of hydrogen-bond acceptors (Lipinski definition) is 3. The fraction of sp³-hybridized carbons (Fsp3) is 0.286. The summed E-state index contributed by atoms with van der Waals surface area (Å²) in [6.07, 6.45) is 4.42. The third-order valence-electron chi connectivity index (χ3n) is 2.85. The van der Waals surface area contributed by atoms with Crippen molar-refractivity contribution in [2.24, 2.45) is 0 Å². The lowest BCUT2D eigenvalue weighted by Gasteiger charge is -2.04. The summed E-state index contributed by atoms with van der Waals surface area (Å²) in [6, 6.07) is 6.39. The van der Waals surface area contributed by atoms with Gasteiger partial charge in [0.25, 0.3) is 0 Å². The predicted molar refractivity (Wildman–Crippen MR) is 70.1 cm³/mol. The van der Waals surface area contributed by atoms with E-state index in [1.165, 1.54) is 12.1 Å². The summed E-state index contributed by atoms with van der Waals surface area (Å²) >= 11 is 0. The van der Waals surface area contributed by atoms with Gasteiger partial charge in [0.2, 0.25) is 0 Å². The van der Waals surface area contributed by atoms with Gasteiger partial charge in [0.05, 0.1) is 30.2 Å². The van der Waals surface area contributed by atoms with Gasteiger partial charge in [-0.3, -0.25) is 0 Å². The molecule has 5 heteroatoms.